The number of carbonyl (C=O) groups excluding carboxylic acids is 1. The molecule has 0 aromatic carbocycles. The molecule has 1 aliphatic carbocycles. The van der Waals surface area contributed by atoms with Gasteiger partial charge in [0.25, 0.3) is 5.91 Å². The molecule has 2 fully saturated rings. The summed E-state index contributed by atoms with van der Waals surface area (Å²) in [5.74, 6) is 0.572. The number of hydrogen-bond acceptors (Lipinski definition) is 6. The lowest BCUT2D eigenvalue weighted by molar-refractivity contribution is -0.137. The first-order valence-electron chi connectivity index (χ1n) is 10.3. The molecular formula is C22H20F3N5OS. The summed E-state index contributed by atoms with van der Waals surface area (Å²) in [6.07, 6.45) is -0.199. The average Bonchev–Trinajstić information content (AvgIpc) is 3.50. The number of thiazole rings is 1. The molecule has 4 heterocycles. The van der Waals surface area contributed by atoms with E-state index in [2.05, 4.69) is 20.3 Å². The molecule has 32 heavy (non-hydrogen) atoms. The number of nitrogens with zero attached hydrogens (tertiary/aromatic N) is 4. The number of hydrogen-bond donors (Lipinski definition) is 1. The molecule has 0 unspecified atom stereocenters. The maximum Gasteiger partial charge on any atom is 0.417 e. The summed E-state index contributed by atoms with van der Waals surface area (Å²) < 4.78 is 38.4. The summed E-state index contributed by atoms with van der Waals surface area (Å²) in [4.78, 5) is 28.2. The van der Waals surface area contributed by atoms with Gasteiger partial charge in [-0.1, -0.05) is 0 Å². The highest BCUT2D eigenvalue weighted by Crippen LogP contribution is 2.40. The van der Waals surface area contributed by atoms with Crippen molar-refractivity contribution >= 4 is 23.1 Å². The van der Waals surface area contributed by atoms with Crippen LogP contribution < -0.4 is 5.32 Å². The van der Waals surface area contributed by atoms with E-state index in [0.29, 0.717) is 29.5 Å². The SMILES string of the molecule is Cc1ccc(-c2nccs2)c(C(=O)N2C[C@H]3C[C@@H](Nc4ccc(C(F)(F)F)cn4)[C@@H]2C3)n1. The molecule has 0 spiro atoms. The van der Waals surface area contributed by atoms with Crippen LogP contribution in [0.2, 0.25) is 0 Å². The van der Waals surface area contributed by atoms with Crippen LogP contribution in [0, 0.1) is 12.8 Å². The fourth-order valence-electron chi connectivity index (χ4n) is 4.64. The van der Waals surface area contributed by atoms with E-state index in [4.69, 9.17) is 0 Å². The normalized spacial score (nSPS) is 22.4. The predicted molar refractivity (Wildman–Crippen MR) is 114 cm³/mol. The van der Waals surface area contributed by atoms with E-state index in [9.17, 15) is 18.0 Å². The van der Waals surface area contributed by atoms with Crippen molar-refractivity contribution in [3.8, 4) is 10.6 Å². The van der Waals surface area contributed by atoms with E-state index in [1.54, 1.807) is 6.20 Å². The molecule has 2 aliphatic rings. The van der Waals surface area contributed by atoms with E-state index in [1.807, 2.05) is 29.3 Å². The average molecular weight is 459 g/mol. The van der Waals surface area contributed by atoms with Crippen LogP contribution in [-0.4, -0.2) is 44.4 Å². The fraction of sp³-hybridized carbons (Fsp3) is 0.364. The Bertz CT molecular complexity index is 1130. The standard InChI is InChI=1S/C22H20F3N5OS/c1-12-2-4-15(20-26-6-7-32-20)19(28-12)21(31)30-11-13-8-16(17(30)9-13)29-18-5-3-14(10-27-18)22(23,24)25/h2-7,10,13,16-17H,8-9,11H2,1H3,(H,27,29)/t13-,16+,17-/m0/s1. The van der Waals surface area contributed by atoms with Crippen molar-refractivity contribution in [1.82, 2.24) is 19.9 Å². The van der Waals surface area contributed by atoms with Gasteiger partial charge in [0.1, 0.15) is 16.5 Å². The zero-order valence-electron chi connectivity index (χ0n) is 17.1. The van der Waals surface area contributed by atoms with Crippen LogP contribution >= 0.6 is 11.3 Å². The molecule has 3 aromatic heterocycles. The fourth-order valence-corrected chi connectivity index (χ4v) is 5.30. The van der Waals surface area contributed by atoms with Gasteiger partial charge >= 0.3 is 6.18 Å². The monoisotopic (exact) mass is 459 g/mol. The summed E-state index contributed by atoms with van der Waals surface area (Å²) >= 11 is 1.45. The minimum absolute atomic E-state index is 0.0666. The number of halogens is 3. The minimum Gasteiger partial charge on any atom is -0.365 e. The lowest BCUT2D eigenvalue weighted by atomic mass is 10.0. The van der Waals surface area contributed by atoms with Gasteiger partial charge in [-0.05, 0) is 49.9 Å². The molecule has 1 N–H and O–H groups in total. The third-order valence-corrected chi connectivity index (χ3v) is 6.87. The molecule has 2 bridgehead atoms. The first-order chi connectivity index (χ1) is 15.3. The topological polar surface area (TPSA) is 71.0 Å². The van der Waals surface area contributed by atoms with Crippen molar-refractivity contribution in [2.24, 2.45) is 5.92 Å². The van der Waals surface area contributed by atoms with Crippen molar-refractivity contribution in [2.75, 3.05) is 11.9 Å². The van der Waals surface area contributed by atoms with E-state index >= 15 is 0 Å². The molecule has 3 aromatic rings. The number of piperidine rings is 1. The Hall–Kier alpha value is -3.01. The molecule has 1 saturated carbocycles. The zero-order valence-corrected chi connectivity index (χ0v) is 18.0. The number of alkyl halides is 3. The summed E-state index contributed by atoms with van der Waals surface area (Å²) in [7, 11) is 0. The third-order valence-electron chi connectivity index (χ3n) is 6.07. The summed E-state index contributed by atoms with van der Waals surface area (Å²) in [6.45, 7) is 2.49. The number of carbonyl (C=O) groups is 1. The Morgan fingerprint density at radius 3 is 2.69 bits per heavy atom. The maximum absolute atomic E-state index is 13.5. The maximum atomic E-state index is 13.5. The molecule has 1 saturated heterocycles. The summed E-state index contributed by atoms with van der Waals surface area (Å²) in [5.41, 5.74) is 1.07. The Balaban J connectivity index is 1.37. The number of aryl methyl sites for hydroxylation is 1. The van der Waals surface area contributed by atoms with Gasteiger partial charge in [0.2, 0.25) is 0 Å². The van der Waals surface area contributed by atoms with Crippen LogP contribution in [0.15, 0.2) is 42.0 Å². The van der Waals surface area contributed by atoms with Crippen molar-refractivity contribution in [1.29, 1.82) is 0 Å². The molecule has 5 rings (SSSR count). The van der Waals surface area contributed by atoms with E-state index in [-0.39, 0.29) is 18.0 Å². The number of aromatic nitrogens is 3. The number of pyridine rings is 2. The van der Waals surface area contributed by atoms with E-state index < -0.39 is 11.7 Å². The second-order valence-corrected chi connectivity index (χ2v) is 9.12. The molecule has 6 nitrogen and oxygen atoms in total. The van der Waals surface area contributed by atoms with Crippen molar-refractivity contribution < 1.29 is 18.0 Å². The van der Waals surface area contributed by atoms with E-state index in [1.165, 1.54) is 17.4 Å². The molecule has 166 valence electrons. The smallest absolute Gasteiger partial charge is 0.365 e. The van der Waals surface area contributed by atoms with Gasteiger partial charge in [0.05, 0.1) is 11.6 Å². The molecule has 1 amide bonds. The van der Waals surface area contributed by atoms with Crippen molar-refractivity contribution in [3.63, 3.8) is 0 Å². The molecule has 3 atom stereocenters. The second-order valence-electron chi connectivity index (χ2n) is 8.23. The molecule has 10 heteroatoms. The number of amides is 1. The second kappa shape index (κ2) is 7.84. The quantitative estimate of drug-likeness (QED) is 0.615. The number of anilines is 1. The van der Waals surface area contributed by atoms with Crippen LogP contribution in [-0.2, 0) is 6.18 Å². The summed E-state index contributed by atoms with van der Waals surface area (Å²) in [5, 5.41) is 5.84. The minimum atomic E-state index is -4.42. The number of fused-ring (bicyclic) bond motifs is 2. The molecule has 1 aliphatic heterocycles. The van der Waals surface area contributed by atoms with Gasteiger partial charge in [-0.15, -0.1) is 11.3 Å². The van der Waals surface area contributed by atoms with Crippen LogP contribution in [0.5, 0.6) is 0 Å². The number of rotatable bonds is 4. The van der Waals surface area contributed by atoms with Gasteiger partial charge in [0, 0.05) is 41.6 Å². The first kappa shape index (κ1) is 20.9. The van der Waals surface area contributed by atoms with Crippen LogP contribution in [0.3, 0.4) is 0 Å². The van der Waals surface area contributed by atoms with Crippen LogP contribution in [0.4, 0.5) is 19.0 Å². The van der Waals surface area contributed by atoms with Gasteiger partial charge in [-0.3, -0.25) is 4.79 Å². The van der Waals surface area contributed by atoms with Crippen molar-refractivity contribution in [2.45, 2.75) is 38.0 Å². The lowest BCUT2D eigenvalue weighted by Gasteiger charge is -2.34. The third kappa shape index (κ3) is 3.83. The highest BCUT2D eigenvalue weighted by atomic mass is 32.1. The molecular weight excluding hydrogens is 439 g/mol. The predicted octanol–water partition coefficient (Wildman–Crippen LogP) is 4.64. The number of nitrogens with one attached hydrogen (secondary N) is 1. The van der Waals surface area contributed by atoms with Gasteiger partial charge in [-0.2, -0.15) is 13.2 Å². The van der Waals surface area contributed by atoms with Crippen molar-refractivity contribution in [3.05, 3.63) is 59.0 Å². The first-order valence-corrected chi connectivity index (χ1v) is 11.2. The van der Waals surface area contributed by atoms with Crippen LogP contribution in [0.1, 0.15) is 34.6 Å². The largest absolute Gasteiger partial charge is 0.417 e. The van der Waals surface area contributed by atoms with Gasteiger partial charge in [0.15, 0.2) is 0 Å². The van der Waals surface area contributed by atoms with Gasteiger partial charge < -0.3 is 10.2 Å². The Labute approximate surface area is 186 Å². The number of likely N-dealkylation sites (tertiary alicyclic amines) is 1. The Kier molecular flexibility index (Phi) is 5.11. The van der Waals surface area contributed by atoms with Gasteiger partial charge in [-0.25, -0.2) is 15.0 Å². The zero-order chi connectivity index (χ0) is 22.5. The molecule has 0 radical (unpaired) electrons. The highest BCUT2D eigenvalue weighted by molar-refractivity contribution is 7.13. The highest BCUT2D eigenvalue weighted by Gasteiger charge is 2.47. The van der Waals surface area contributed by atoms with Crippen LogP contribution in [0.25, 0.3) is 10.6 Å². The van der Waals surface area contributed by atoms with E-state index in [0.717, 1.165) is 35.8 Å². The Morgan fingerprint density at radius 1 is 1.19 bits per heavy atom. The Morgan fingerprint density at radius 2 is 2.03 bits per heavy atom. The summed E-state index contributed by atoms with van der Waals surface area (Å²) in [6, 6.07) is 5.96. The lowest BCUT2D eigenvalue weighted by Crippen LogP contribution is -2.48.